The summed E-state index contributed by atoms with van der Waals surface area (Å²) >= 11 is 0. The Morgan fingerprint density at radius 3 is 2.33 bits per heavy atom. The van der Waals surface area contributed by atoms with Crippen LogP contribution in [0.25, 0.3) is 0 Å². The standard InChI is InChI=1S/C43H51N3O8S/c1-29-15-21-36(22-16-29)55(50,51)45-37(24-30-10-6-5-7-11-30)40(48)44-34-13-8-12-33(25-34)42-52-35(26-39(53-42)32-19-17-31(28-47)18-20-32)27-46-23-9-14-38(46)41(49)54-43(2,3)4/h5-8,10-13,15-22,25,35,37-39,42,45,47H,9,14,23-24,26-28H2,1-4H3,(H,44,48). The Hall–Kier alpha value is -4.43. The van der Waals surface area contributed by atoms with Crippen LogP contribution in [-0.2, 0) is 46.9 Å². The van der Waals surface area contributed by atoms with Crippen molar-refractivity contribution in [1.29, 1.82) is 0 Å². The second-order valence-corrected chi connectivity index (χ2v) is 17.0. The zero-order valence-electron chi connectivity index (χ0n) is 31.8. The van der Waals surface area contributed by atoms with Crippen molar-refractivity contribution in [2.24, 2.45) is 0 Å². The molecule has 3 N–H and O–H groups in total. The number of nitrogens with one attached hydrogen (secondary N) is 2. The number of ether oxygens (including phenoxy) is 3. The third-order valence-corrected chi connectivity index (χ3v) is 11.2. The molecule has 0 spiro atoms. The van der Waals surface area contributed by atoms with Crippen molar-refractivity contribution in [2.75, 3.05) is 18.4 Å². The Labute approximate surface area is 324 Å². The maximum absolute atomic E-state index is 13.9. The van der Waals surface area contributed by atoms with Crippen LogP contribution in [0.3, 0.4) is 0 Å². The first-order valence-corrected chi connectivity index (χ1v) is 20.3. The summed E-state index contributed by atoms with van der Waals surface area (Å²) in [5.74, 6) is -0.760. The topological polar surface area (TPSA) is 144 Å². The normalized spacial score (nSPS) is 21.2. The first-order valence-electron chi connectivity index (χ1n) is 18.8. The van der Waals surface area contributed by atoms with Crippen molar-refractivity contribution >= 4 is 27.6 Å². The number of aliphatic hydroxyl groups excluding tert-OH is 1. The van der Waals surface area contributed by atoms with Crippen LogP contribution in [0.2, 0.25) is 0 Å². The van der Waals surface area contributed by atoms with Gasteiger partial charge in [0.15, 0.2) is 6.29 Å². The first-order chi connectivity index (χ1) is 26.3. The van der Waals surface area contributed by atoms with Crippen LogP contribution in [0.15, 0.2) is 108 Å². The van der Waals surface area contributed by atoms with Crippen molar-refractivity contribution in [2.45, 2.75) is 101 Å². The van der Waals surface area contributed by atoms with Gasteiger partial charge in [0.2, 0.25) is 15.9 Å². The fourth-order valence-electron chi connectivity index (χ4n) is 6.98. The molecule has 292 valence electrons. The van der Waals surface area contributed by atoms with E-state index >= 15 is 0 Å². The van der Waals surface area contributed by atoms with E-state index in [0.29, 0.717) is 30.6 Å². The molecule has 2 aliphatic heterocycles. The molecular weight excluding hydrogens is 719 g/mol. The lowest BCUT2D eigenvalue weighted by atomic mass is 9.99. The average molecular weight is 770 g/mol. The molecule has 1 amide bonds. The lowest BCUT2D eigenvalue weighted by Gasteiger charge is -2.38. The largest absolute Gasteiger partial charge is 0.459 e. The molecular formula is C43H51N3O8S. The van der Waals surface area contributed by atoms with Crippen LogP contribution in [-0.4, -0.2) is 67.2 Å². The van der Waals surface area contributed by atoms with E-state index in [1.807, 2.05) is 88.4 Å². The number of hydrogen-bond donors (Lipinski definition) is 3. The Morgan fingerprint density at radius 1 is 0.909 bits per heavy atom. The van der Waals surface area contributed by atoms with Gasteiger partial charge < -0.3 is 24.6 Å². The third-order valence-electron chi connectivity index (χ3n) is 9.75. The molecule has 6 rings (SSSR count). The maximum atomic E-state index is 13.9. The zero-order valence-corrected chi connectivity index (χ0v) is 32.6. The monoisotopic (exact) mass is 769 g/mol. The molecule has 5 atom stereocenters. The fraction of sp³-hybridized carbons (Fsp3) is 0.395. The first kappa shape index (κ1) is 40.2. The summed E-state index contributed by atoms with van der Waals surface area (Å²) in [6.07, 6.45) is 0.758. The van der Waals surface area contributed by atoms with E-state index in [1.165, 1.54) is 12.1 Å². The van der Waals surface area contributed by atoms with Gasteiger partial charge in [-0.1, -0.05) is 84.4 Å². The highest BCUT2D eigenvalue weighted by molar-refractivity contribution is 7.89. The Balaban J connectivity index is 1.22. The minimum atomic E-state index is -4.03. The number of carbonyl (C=O) groups excluding carboxylic acids is 2. The zero-order chi connectivity index (χ0) is 39.2. The SMILES string of the molecule is Cc1ccc(S(=O)(=O)NC(Cc2ccccc2)C(=O)Nc2cccc(C3OC(CN4CCCC4C(=O)OC(C)(C)C)CC(c4ccc(CO)cc4)O3)c2)cc1. The van der Waals surface area contributed by atoms with Crippen molar-refractivity contribution in [3.8, 4) is 0 Å². The predicted molar refractivity (Wildman–Crippen MR) is 209 cm³/mol. The molecule has 11 nitrogen and oxygen atoms in total. The quantitative estimate of drug-likeness (QED) is 0.132. The van der Waals surface area contributed by atoms with Crippen molar-refractivity contribution in [3.05, 3.63) is 131 Å². The van der Waals surface area contributed by atoms with Gasteiger partial charge in [0, 0.05) is 24.2 Å². The molecule has 2 saturated heterocycles. The maximum Gasteiger partial charge on any atom is 0.323 e. The number of sulfonamides is 1. The van der Waals surface area contributed by atoms with Gasteiger partial charge in [-0.2, -0.15) is 4.72 Å². The summed E-state index contributed by atoms with van der Waals surface area (Å²) in [4.78, 5) is 29.3. The van der Waals surface area contributed by atoms with E-state index in [-0.39, 0.29) is 42.1 Å². The van der Waals surface area contributed by atoms with Crippen LogP contribution in [0.1, 0.15) is 80.2 Å². The van der Waals surface area contributed by atoms with Crippen molar-refractivity contribution in [1.82, 2.24) is 9.62 Å². The van der Waals surface area contributed by atoms with Crippen molar-refractivity contribution in [3.63, 3.8) is 0 Å². The van der Waals surface area contributed by atoms with E-state index < -0.39 is 33.9 Å². The Kier molecular flexibility index (Phi) is 12.9. The minimum absolute atomic E-state index is 0.0685. The lowest BCUT2D eigenvalue weighted by molar-refractivity contribution is -0.253. The van der Waals surface area contributed by atoms with Gasteiger partial charge in [0.1, 0.15) is 17.7 Å². The van der Waals surface area contributed by atoms with E-state index in [2.05, 4.69) is 14.9 Å². The van der Waals surface area contributed by atoms with E-state index in [1.54, 1.807) is 30.3 Å². The Bertz CT molecular complexity index is 2020. The van der Waals surface area contributed by atoms with E-state index in [9.17, 15) is 23.1 Å². The molecule has 0 radical (unpaired) electrons. The average Bonchev–Trinajstić information content (AvgIpc) is 3.63. The second-order valence-electron chi connectivity index (χ2n) is 15.3. The number of esters is 1. The molecule has 0 saturated carbocycles. The molecule has 2 aliphatic rings. The molecule has 2 heterocycles. The lowest BCUT2D eigenvalue weighted by Crippen LogP contribution is -2.45. The molecule has 0 bridgehead atoms. The molecule has 55 heavy (non-hydrogen) atoms. The number of aliphatic hydroxyl groups is 1. The number of amides is 1. The van der Waals surface area contributed by atoms with E-state index in [0.717, 1.165) is 35.2 Å². The van der Waals surface area contributed by atoms with E-state index in [4.69, 9.17) is 14.2 Å². The van der Waals surface area contributed by atoms with Crippen LogP contribution in [0, 0.1) is 6.92 Å². The van der Waals surface area contributed by atoms with Gasteiger partial charge >= 0.3 is 5.97 Å². The highest BCUT2D eigenvalue weighted by Gasteiger charge is 2.39. The van der Waals surface area contributed by atoms with Crippen LogP contribution in [0.4, 0.5) is 5.69 Å². The molecule has 0 aromatic heterocycles. The molecule has 2 fully saturated rings. The molecule has 12 heteroatoms. The summed E-state index contributed by atoms with van der Waals surface area (Å²) in [6, 6.07) is 29.0. The van der Waals surface area contributed by atoms with Crippen LogP contribution < -0.4 is 10.0 Å². The smallest absolute Gasteiger partial charge is 0.323 e. The fourth-order valence-corrected chi connectivity index (χ4v) is 8.17. The number of hydrogen-bond acceptors (Lipinski definition) is 9. The second kappa shape index (κ2) is 17.6. The number of likely N-dealkylation sites (tertiary alicyclic amines) is 1. The van der Waals surface area contributed by atoms with Crippen molar-refractivity contribution < 1.29 is 37.3 Å². The molecule has 4 aromatic carbocycles. The molecule has 0 aliphatic carbocycles. The van der Waals surface area contributed by atoms with Gasteiger partial charge in [-0.3, -0.25) is 14.5 Å². The molecule has 4 aromatic rings. The minimum Gasteiger partial charge on any atom is -0.459 e. The number of carbonyl (C=O) groups is 2. The summed E-state index contributed by atoms with van der Waals surface area (Å²) in [7, 11) is -4.03. The number of rotatable bonds is 13. The third kappa shape index (κ3) is 10.9. The van der Waals surface area contributed by atoms with Gasteiger partial charge in [-0.25, -0.2) is 8.42 Å². The highest BCUT2D eigenvalue weighted by atomic mass is 32.2. The summed E-state index contributed by atoms with van der Waals surface area (Å²) in [5.41, 5.74) is 3.93. The van der Waals surface area contributed by atoms with Gasteiger partial charge in [-0.05, 0) is 94.5 Å². The van der Waals surface area contributed by atoms with Crippen LogP contribution in [0.5, 0.6) is 0 Å². The highest BCUT2D eigenvalue weighted by Crippen LogP contribution is 2.39. The van der Waals surface area contributed by atoms with Gasteiger partial charge in [0.25, 0.3) is 0 Å². The number of benzene rings is 4. The number of anilines is 1. The number of nitrogens with zero attached hydrogens (tertiary/aromatic N) is 1. The van der Waals surface area contributed by atoms with Crippen LogP contribution >= 0.6 is 0 Å². The van der Waals surface area contributed by atoms with Gasteiger partial charge in [0.05, 0.1) is 23.7 Å². The summed E-state index contributed by atoms with van der Waals surface area (Å²) < 4.78 is 48.5. The number of aryl methyl sites for hydroxylation is 1. The summed E-state index contributed by atoms with van der Waals surface area (Å²) in [6.45, 7) is 8.64. The van der Waals surface area contributed by atoms with Gasteiger partial charge in [-0.15, -0.1) is 0 Å². The Morgan fingerprint density at radius 2 is 1.64 bits per heavy atom. The summed E-state index contributed by atoms with van der Waals surface area (Å²) in [5, 5.41) is 12.6. The molecule has 5 unspecified atom stereocenters. The predicted octanol–water partition coefficient (Wildman–Crippen LogP) is 6.37.